The molecule has 27 rings (SSSR count). The van der Waals surface area contributed by atoms with Crippen LogP contribution in [0.25, 0.3) is 158 Å². The fraction of sp³-hybridized carbons (Fsp3) is 0.0219. The minimum Gasteiger partial charge on any atom is -0.457 e. The number of benzene rings is 20. The van der Waals surface area contributed by atoms with E-state index >= 15 is 0 Å². The first-order valence-corrected chi connectivity index (χ1v) is 49.5. The van der Waals surface area contributed by atoms with Crippen LogP contribution in [0.4, 0.5) is 0 Å². The number of rotatable bonds is 15. The maximum Gasteiger partial charge on any atom is 0.164 e. The maximum absolute atomic E-state index is 9.97. The van der Waals surface area contributed by atoms with Crippen LogP contribution in [0.15, 0.2) is 522 Å². The number of fused-ring (bicyclic) bond motifs is 15. The lowest BCUT2D eigenvalue weighted by Gasteiger charge is -2.39. The number of nitriles is 3. The van der Waals surface area contributed by atoms with E-state index in [1.165, 1.54) is 50.1 Å². The standard InChI is InChI=1S/C48H31N3.C47H28N4O.C42H27N3/c49-32-33-20-22-34(23-21-33)35-24-26-36(27-25-35)45-31-46(51-47(50-45)37-12-4-1-5-13-37)38-28-29-42-41-18-10-11-19-43(41)48(44(42)30-38,39-14-6-2-7-15-39)40-16-8-3-9-17-40;48-29-30-24-26-31(27-25-30)33-14-10-15-34(28-33)45-49-44(32-12-2-1-3-13-32)50-46(51-45)36-17-11-21-40-43(36)35-16-4-5-18-37(35)47(40)38-19-6-8-22-41(38)52-42-23-9-7-20-39(42)47;43-28-29-21-23-35-36-24-22-32(40-27-39(30-13-5-1-6-14-30)44-41(45-40)31-15-7-2-8-16-31)26-38(36)42(37(35)25-29,33-17-9-3-10-18-33)34-19-11-4-12-20-34/h1-31H;1-28H;1-27H. The van der Waals surface area contributed by atoms with Crippen LogP contribution in [0.3, 0.4) is 0 Å². The molecule has 0 bridgehead atoms. The molecule has 3 aliphatic carbocycles. The van der Waals surface area contributed by atoms with Gasteiger partial charge in [0.2, 0.25) is 0 Å². The lowest BCUT2D eigenvalue weighted by atomic mass is 9.66. The summed E-state index contributed by atoms with van der Waals surface area (Å²) in [6.07, 6.45) is 0. The molecule has 23 aromatic rings. The van der Waals surface area contributed by atoms with Crippen LogP contribution in [0, 0.1) is 34.0 Å². The van der Waals surface area contributed by atoms with E-state index < -0.39 is 16.2 Å². The number of hydrogen-bond acceptors (Lipinski definition) is 11. The van der Waals surface area contributed by atoms with Gasteiger partial charge in [0, 0.05) is 61.2 Å². The fourth-order valence-corrected chi connectivity index (χ4v) is 22.4. The zero-order chi connectivity index (χ0) is 99.1. The van der Waals surface area contributed by atoms with E-state index in [4.69, 9.17) is 39.6 Å². The van der Waals surface area contributed by atoms with Crippen molar-refractivity contribution in [3.63, 3.8) is 0 Å². The molecule has 20 aromatic carbocycles. The van der Waals surface area contributed by atoms with Crippen LogP contribution in [0.2, 0.25) is 0 Å². The molecule has 3 aromatic heterocycles. The van der Waals surface area contributed by atoms with Crippen molar-refractivity contribution in [2.24, 2.45) is 0 Å². The van der Waals surface area contributed by atoms with Gasteiger partial charge < -0.3 is 4.74 Å². The second kappa shape index (κ2) is 38.0. The second-order valence-corrected chi connectivity index (χ2v) is 37.3. The van der Waals surface area contributed by atoms with Crippen LogP contribution < -0.4 is 4.74 Å². The molecule has 0 N–H and O–H groups in total. The van der Waals surface area contributed by atoms with Crippen LogP contribution in [-0.4, -0.2) is 34.9 Å². The summed E-state index contributed by atoms with van der Waals surface area (Å²) in [6, 6.07) is 187. The topological polar surface area (TPSA) is 171 Å². The molecule has 0 unspecified atom stereocenters. The number of nitrogens with zero attached hydrogens (tertiary/aromatic N) is 10. The zero-order valence-electron chi connectivity index (χ0n) is 80.0. The Balaban J connectivity index is 0.000000116. The van der Waals surface area contributed by atoms with Crippen molar-refractivity contribution < 1.29 is 4.74 Å². The highest BCUT2D eigenvalue weighted by Crippen LogP contribution is 2.65. The molecular weight excluding hydrogens is 1800 g/mol. The Kier molecular flexibility index (Phi) is 22.9. The Morgan fingerprint density at radius 2 is 0.446 bits per heavy atom. The summed E-state index contributed by atoms with van der Waals surface area (Å²) in [7, 11) is 0. The molecule has 1 spiro atoms. The molecule has 1 aliphatic heterocycles. The fourth-order valence-electron chi connectivity index (χ4n) is 22.4. The molecule has 0 atom stereocenters. The summed E-state index contributed by atoms with van der Waals surface area (Å²) in [6.45, 7) is 0. The number of ether oxygens (including phenoxy) is 1. The molecule has 690 valence electrons. The Bertz CT molecular complexity index is 8990. The molecule has 0 saturated carbocycles. The molecule has 0 saturated heterocycles. The summed E-state index contributed by atoms with van der Waals surface area (Å²) in [5, 5.41) is 28.5. The quantitative estimate of drug-likeness (QED) is 0.0956. The molecule has 4 aliphatic rings. The average molecular weight is 1890 g/mol. The Morgan fingerprint density at radius 1 is 0.162 bits per heavy atom. The predicted octanol–water partition coefficient (Wildman–Crippen LogP) is 32.0. The highest BCUT2D eigenvalue weighted by atomic mass is 16.5. The van der Waals surface area contributed by atoms with Crippen LogP contribution in [-0.2, 0) is 16.2 Å². The van der Waals surface area contributed by atoms with E-state index in [1.807, 2.05) is 164 Å². The Morgan fingerprint density at radius 3 is 0.905 bits per heavy atom. The monoisotopic (exact) mass is 1890 g/mol. The predicted molar refractivity (Wildman–Crippen MR) is 590 cm³/mol. The van der Waals surface area contributed by atoms with Crippen molar-refractivity contribution in [2.75, 3.05) is 0 Å². The number of aromatic nitrogens is 7. The zero-order valence-corrected chi connectivity index (χ0v) is 80.0. The highest BCUT2D eigenvalue weighted by molar-refractivity contribution is 5.97. The van der Waals surface area contributed by atoms with Crippen molar-refractivity contribution in [1.82, 2.24) is 34.9 Å². The minimum absolute atomic E-state index is 0.496. The number of hydrogen-bond donors (Lipinski definition) is 0. The smallest absolute Gasteiger partial charge is 0.164 e. The van der Waals surface area contributed by atoms with Gasteiger partial charge in [0.15, 0.2) is 29.1 Å². The van der Waals surface area contributed by atoms with Crippen molar-refractivity contribution in [3.8, 4) is 187 Å². The first-order chi connectivity index (χ1) is 73.2. The maximum atomic E-state index is 9.97. The van der Waals surface area contributed by atoms with Crippen LogP contribution in [0.5, 0.6) is 11.5 Å². The molecule has 4 heterocycles. The van der Waals surface area contributed by atoms with E-state index in [0.29, 0.717) is 45.8 Å². The number of para-hydroxylation sites is 2. The largest absolute Gasteiger partial charge is 0.457 e. The van der Waals surface area contributed by atoms with E-state index in [0.717, 1.165) is 157 Å². The lowest BCUT2D eigenvalue weighted by molar-refractivity contribution is 0.436. The van der Waals surface area contributed by atoms with Crippen LogP contribution >= 0.6 is 0 Å². The van der Waals surface area contributed by atoms with Gasteiger partial charge in [-0.2, -0.15) is 15.8 Å². The second-order valence-electron chi connectivity index (χ2n) is 37.3. The van der Waals surface area contributed by atoms with Gasteiger partial charge in [0.05, 0.1) is 73.9 Å². The average Bonchev–Trinajstić information content (AvgIpc) is 1.46. The molecule has 148 heavy (non-hydrogen) atoms. The van der Waals surface area contributed by atoms with Crippen molar-refractivity contribution in [2.45, 2.75) is 16.2 Å². The molecular formula is C137H86N10O. The van der Waals surface area contributed by atoms with Gasteiger partial charge in [0.1, 0.15) is 11.5 Å². The van der Waals surface area contributed by atoms with Gasteiger partial charge in [-0.3, -0.25) is 0 Å². The highest BCUT2D eigenvalue weighted by Gasteiger charge is 2.53. The molecule has 0 amide bonds. The summed E-state index contributed by atoms with van der Waals surface area (Å²) in [5.41, 5.74) is 37.8. The minimum atomic E-state index is -0.617. The molecule has 11 heteroatoms. The van der Waals surface area contributed by atoms with Gasteiger partial charge >= 0.3 is 0 Å². The van der Waals surface area contributed by atoms with E-state index in [-0.39, 0.29) is 0 Å². The third-order valence-electron chi connectivity index (χ3n) is 29.1. The van der Waals surface area contributed by atoms with Crippen molar-refractivity contribution in [1.29, 1.82) is 15.8 Å². The Hall–Kier alpha value is -20.2. The van der Waals surface area contributed by atoms with E-state index in [2.05, 4.69) is 376 Å². The SMILES string of the molecule is N#Cc1ccc(-c2ccc(-c3cc(-c4ccc5c(c4)C(c4ccccc4)(c4ccccc4)c4ccccc4-5)nc(-c4ccccc4)n3)cc2)cc1.N#Cc1ccc(-c2cccc(-c3nc(-c4ccccc4)nc(-c4cccc5c4-c4ccccc4C54c5ccccc5Oc5ccccc54)n3)c2)cc1.N#Cc1ccc2c(c1)C(c1ccccc1)(c1ccccc1)c1cc(-c3cc(-c4ccccc4)nc(-c4ccccc4)n3)ccc1-2. The third kappa shape index (κ3) is 15.6. The van der Waals surface area contributed by atoms with Gasteiger partial charge in [-0.1, -0.05) is 443 Å². The summed E-state index contributed by atoms with van der Waals surface area (Å²) in [4.78, 5) is 36.0. The summed E-state index contributed by atoms with van der Waals surface area (Å²) >= 11 is 0. The third-order valence-corrected chi connectivity index (χ3v) is 29.1. The van der Waals surface area contributed by atoms with Gasteiger partial charge in [0.25, 0.3) is 0 Å². The van der Waals surface area contributed by atoms with Gasteiger partial charge in [-0.15, -0.1) is 0 Å². The van der Waals surface area contributed by atoms with Crippen LogP contribution in [0.1, 0.15) is 83.5 Å². The normalized spacial score (nSPS) is 12.7. The Labute approximate surface area is 858 Å². The lowest BCUT2D eigenvalue weighted by Crippen LogP contribution is -2.32. The molecule has 0 fully saturated rings. The molecule has 11 nitrogen and oxygen atoms in total. The first kappa shape index (κ1) is 89.2. The molecule has 0 radical (unpaired) electrons. The van der Waals surface area contributed by atoms with Gasteiger partial charge in [-0.25, -0.2) is 34.9 Å². The summed E-state index contributed by atoms with van der Waals surface area (Å²) < 4.78 is 6.54. The van der Waals surface area contributed by atoms with Crippen molar-refractivity contribution in [3.05, 3.63) is 605 Å². The van der Waals surface area contributed by atoms with Gasteiger partial charge in [-0.05, 0) is 190 Å². The van der Waals surface area contributed by atoms with Crippen molar-refractivity contribution >= 4 is 0 Å². The van der Waals surface area contributed by atoms with E-state index in [9.17, 15) is 15.8 Å². The first-order valence-electron chi connectivity index (χ1n) is 49.5. The van der Waals surface area contributed by atoms with E-state index in [1.54, 1.807) is 0 Å². The summed E-state index contributed by atoms with van der Waals surface area (Å²) in [5.74, 6) is 4.86.